The Labute approximate surface area is 111 Å². The number of benzene rings is 1. The van der Waals surface area contributed by atoms with Gasteiger partial charge in [-0.3, -0.25) is 0 Å². The molecule has 2 nitrogen and oxygen atoms in total. The van der Waals surface area contributed by atoms with E-state index < -0.39 is 0 Å². The van der Waals surface area contributed by atoms with Gasteiger partial charge >= 0.3 is 0 Å². The van der Waals surface area contributed by atoms with Gasteiger partial charge in [0.15, 0.2) is 0 Å². The first-order chi connectivity index (χ1) is 8.63. The van der Waals surface area contributed by atoms with Crippen LogP contribution in [0.2, 0.25) is 0 Å². The van der Waals surface area contributed by atoms with Crippen LogP contribution in [-0.2, 0) is 11.8 Å². The molecule has 100 valence electrons. The summed E-state index contributed by atoms with van der Waals surface area (Å²) in [6, 6.07) is 6.71. The second kappa shape index (κ2) is 5.75. The fraction of sp³-hybridized carbons (Fsp3) is 0.625. The molecule has 1 aromatic carbocycles. The van der Waals surface area contributed by atoms with Crippen molar-refractivity contribution in [2.45, 2.75) is 44.9 Å². The molecule has 2 heteroatoms. The molecule has 0 amide bonds. The van der Waals surface area contributed by atoms with Crippen LogP contribution in [0.15, 0.2) is 18.2 Å². The highest BCUT2D eigenvalue weighted by Crippen LogP contribution is 2.38. The molecule has 0 radical (unpaired) electrons. The number of hydrogen-bond donors (Lipinski definition) is 1. The third-order valence-corrected chi connectivity index (χ3v) is 3.75. The van der Waals surface area contributed by atoms with Gasteiger partial charge in [-0.2, -0.15) is 0 Å². The molecule has 1 aliphatic rings. The van der Waals surface area contributed by atoms with Gasteiger partial charge in [0.1, 0.15) is 5.75 Å². The molecule has 1 heterocycles. The smallest absolute Gasteiger partial charge is 0.123 e. The van der Waals surface area contributed by atoms with Gasteiger partial charge in [-0.1, -0.05) is 32.4 Å². The zero-order valence-corrected chi connectivity index (χ0v) is 11.9. The summed E-state index contributed by atoms with van der Waals surface area (Å²) >= 11 is 0. The summed E-state index contributed by atoms with van der Waals surface area (Å²) < 4.78 is 5.72. The van der Waals surface area contributed by atoms with E-state index in [0.29, 0.717) is 0 Å². The molecule has 0 atom stereocenters. The van der Waals surface area contributed by atoms with Gasteiger partial charge in [-0.05, 0) is 44.5 Å². The Hall–Kier alpha value is -1.02. The van der Waals surface area contributed by atoms with Crippen molar-refractivity contribution in [1.82, 2.24) is 5.32 Å². The van der Waals surface area contributed by atoms with E-state index in [1.54, 1.807) is 0 Å². The van der Waals surface area contributed by atoms with Crippen LogP contribution >= 0.6 is 0 Å². The summed E-state index contributed by atoms with van der Waals surface area (Å²) in [5.74, 6) is 1.08. The molecule has 2 rings (SSSR count). The van der Waals surface area contributed by atoms with E-state index in [2.05, 4.69) is 37.4 Å². The molecule has 0 unspecified atom stereocenters. The SMILES string of the molecule is CNCCCCCc1ccc2c(c1)C(C)(C)CO2. The largest absolute Gasteiger partial charge is 0.492 e. The van der Waals surface area contributed by atoms with Crippen LogP contribution in [0.3, 0.4) is 0 Å². The number of fused-ring (bicyclic) bond motifs is 1. The molecule has 1 aliphatic heterocycles. The maximum atomic E-state index is 5.72. The minimum absolute atomic E-state index is 0.178. The fourth-order valence-electron chi connectivity index (χ4n) is 2.53. The Kier molecular flexibility index (Phi) is 4.28. The number of nitrogens with one attached hydrogen (secondary N) is 1. The molecular formula is C16H25NO. The van der Waals surface area contributed by atoms with Gasteiger partial charge in [0.2, 0.25) is 0 Å². The Morgan fingerprint density at radius 1 is 1.22 bits per heavy atom. The predicted molar refractivity (Wildman–Crippen MR) is 76.4 cm³/mol. The van der Waals surface area contributed by atoms with Gasteiger partial charge in [0.05, 0.1) is 6.61 Å². The van der Waals surface area contributed by atoms with E-state index in [1.165, 1.54) is 36.8 Å². The lowest BCUT2D eigenvalue weighted by molar-refractivity contribution is 0.291. The predicted octanol–water partition coefficient (Wildman–Crippen LogP) is 3.29. The number of aryl methyl sites for hydroxylation is 1. The molecule has 0 bridgehead atoms. The summed E-state index contributed by atoms with van der Waals surface area (Å²) in [6.45, 7) is 6.46. The van der Waals surface area contributed by atoms with Crippen LogP contribution in [0.25, 0.3) is 0 Å². The van der Waals surface area contributed by atoms with Gasteiger partial charge < -0.3 is 10.1 Å². The number of hydrogen-bond acceptors (Lipinski definition) is 2. The molecule has 0 fully saturated rings. The molecule has 0 aromatic heterocycles. The first-order valence-electron chi connectivity index (χ1n) is 7.04. The summed E-state index contributed by atoms with van der Waals surface area (Å²) in [5, 5.41) is 3.19. The standard InChI is InChI=1S/C16H25NO/c1-16(2)12-18-15-9-8-13(11-14(15)16)7-5-4-6-10-17-3/h8-9,11,17H,4-7,10,12H2,1-3H3. The molecule has 0 saturated carbocycles. The highest BCUT2D eigenvalue weighted by atomic mass is 16.5. The van der Waals surface area contributed by atoms with Gasteiger partial charge in [0.25, 0.3) is 0 Å². The van der Waals surface area contributed by atoms with E-state index in [1.807, 2.05) is 7.05 Å². The van der Waals surface area contributed by atoms with E-state index in [0.717, 1.165) is 18.9 Å². The normalized spacial score (nSPS) is 16.4. The summed E-state index contributed by atoms with van der Waals surface area (Å²) in [5.41, 5.74) is 3.02. The molecule has 1 N–H and O–H groups in total. The molecule has 0 aliphatic carbocycles. The van der Waals surface area contributed by atoms with Crippen molar-refractivity contribution in [3.05, 3.63) is 29.3 Å². The second-order valence-corrected chi connectivity index (χ2v) is 5.92. The quantitative estimate of drug-likeness (QED) is 0.779. The number of ether oxygens (including phenoxy) is 1. The average Bonchev–Trinajstić information content (AvgIpc) is 2.65. The lowest BCUT2D eigenvalue weighted by Gasteiger charge is -2.15. The third kappa shape index (κ3) is 3.05. The fourth-order valence-corrected chi connectivity index (χ4v) is 2.53. The topological polar surface area (TPSA) is 21.3 Å². The van der Waals surface area contributed by atoms with Crippen LogP contribution < -0.4 is 10.1 Å². The Balaban J connectivity index is 1.91. The zero-order valence-electron chi connectivity index (χ0n) is 11.9. The number of unbranched alkanes of at least 4 members (excludes halogenated alkanes) is 2. The van der Waals surface area contributed by atoms with Crippen molar-refractivity contribution in [2.24, 2.45) is 0 Å². The first kappa shape index (κ1) is 13.4. The average molecular weight is 247 g/mol. The summed E-state index contributed by atoms with van der Waals surface area (Å²) in [6.07, 6.45) is 5.04. The van der Waals surface area contributed by atoms with Crippen molar-refractivity contribution < 1.29 is 4.74 Å². The van der Waals surface area contributed by atoms with Crippen LogP contribution in [-0.4, -0.2) is 20.2 Å². The van der Waals surface area contributed by atoms with Gasteiger partial charge in [-0.25, -0.2) is 0 Å². The van der Waals surface area contributed by atoms with E-state index >= 15 is 0 Å². The van der Waals surface area contributed by atoms with Crippen LogP contribution in [0.1, 0.15) is 44.2 Å². The molecular weight excluding hydrogens is 222 g/mol. The minimum Gasteiger partial charge on any atom is -0.492 e. The maximum Gasteiger partial charge on any atom is 0.123 e. The van der Waals surface area contributed by atoms with Crippen LogP contribution in [0, 0.1) is 0 Å². The van der Waals surface area contributed by atoms with Crippen LogP contribution in [0.5, 0.6) is 5.75 Å². The zero-order chi connectivity index (χ0) is 13.0. The monoisotopic (exact) mass is 247 g/mol. The Morgan fingerprint density at radius 2 is 2.06 bits per heavy atom. The third-order valence-electron chi connectivity index (χ3n) is 3.75. The first-order valence-corrected chi connectivity index (χ1v) is 7.04. The van der Waals surface area contributed by atoms with Gasteiger partial charge in [-0.15, -0.1) is 0 Å². The van der Waals surface area contributed by atoms with Crippen molar-refractivity contribution >= 4 is 0 Å². The summed E-state index contributed by atoms with van der Waals surface area (Å²) in [4.78, 5) is 0. The Morgan fingerprint density at radius 3 is 2.83 bits per heavy atom. The lowest BCUT2D eigenvalue weighted by atomic mass is 9.86. The molecule has 1 aromatic rings. The second-order valence-electron chi connectivity index (χ2n) is 5.92. The Bertz CT molecular complexity index is 398. The minimum atomic E-state index is 0.178. The van der Waals surface area contributed by atoms with Crippen molar-refractivity contribution in [2.75, 3.05) is 20.2 Å². The molecule has 0 spiro atoms. The van der Waals surface area contributed by atoms with Crippen LogP contribution in [0.4, 0.5) is 0 Å². The number of rotatable bonds is 6. The maximum absolute atomic E-state index is 5.72. The highest BCUT2D eigenvalue weighted by molar-refractivity contribution is 5.45. The van der Waals surface area contributed by atoms with E-state index in [-0.39, 0.29) is 5.41 Å². The van der Waals surface area contributed by atoms with Crippen molar-refractivity contribution in [3.8, 4) is 5.75 Å². The van der Waals surface area contributed by atoms with Crippen molar-refractivity contribution in [3.63, 3.8) is 0 Å². The van der Waals surface area contributed by atoms with E-state index in [9.17, 15) is 0 Å². The highest BCUT2D eigenvalue weighted by Gasteiger charge is 2.31. The van der Waals surface area contributed by atoms with Gasteiger partial charge in [0, 0.05) is 11.0 Å². The van der Waals surface area contributed by atoms with E-state index in [4.69, 9.17) is 4.74 Å². The van der Waals surface area contributed by atoms with Crippen molar-refractivity contribution in [1.29, 1.82) is 0 Å². The summed E-state index contributed by atoms with van der Waals surface area (Å²) in [7, 11) is 2.02. The molecule has 0 saturated heterocycles. The molecule has 18 heavy (non-hydrogen) atoms. The lowest BCUT2D eigenvalue weighted by Crippen LogP contribution is -2.18.